The minimum absolute atomic E-state index is 0.00502. The van der Waals surface area contributed by atoms with Crippen LogP contribution in [0.15, 0.2) is 59.8 Å². The molecule has 2 bridgehead atoms. The number of carbonyl (C=O) groups is 5. The number of amides is 1. The molecule has 75 heavy (non-hydrogen) atoms. The molecule has 1 saturated carbocycles. The summed E-state index contributed by atoms with van der Waals surface area (Å²) >= 11 is 0. The number of carbonyl (C=O) groups excluding carboxylic acids is 5. The van der Waals surface area contributed by atoms with Crippen molar-refractivity contribution in [2.24, 2.45) is 46.8 Å². The molecule has 1 unspecified atom stereocenters. The maximum Gasteiger partial charge on any atom is 0.329 e. The van der Waals surface area contributed by atoms with Crippen molar-refractivity contribution in [3.05, 3.63) is 59.8 Å². The molecule has 4 rings (SSSR count). The monoisotopic (exact) mass is 1050 g/mol. The third kappa shape index (κ3) is 17.3. The fraction of sp³-hybridized carbons (Fsp3) is 0.750. The van der Waals surface area contributed by atoms with Crippen LogP contribution >= 0.6 is 0 Å². The van der Waals surface area contributed by atoms with Crippen molar-refractivity contribution in [1.82, 2.24) is 4.90 Å². The highest BCUT2D eigenvalue weighted by Gasteiger charge is 2.53. The van der Waals surface area contributed by atoms with Gasteiger partial charge in [0.2, 0.25) is 5.79 Å². The smallest absolute Gasteiger partial charge is 0.329 e. The summed E-state index contributed by atoms with van der Waals surface area (Å²) in [5.74, 6) is -7.87. The SMILES string of the molecule is C=C1[C@H](C)C[C@H](C)/C=C/C=C/C=C(\C)[C@@H](OC)C[C@@H]2CC[C@@H](C)[C@@](O)(O2)C(=O)C(=O)N2CCCC[C@H]2C(=O)O[C@H]([C@H](C)C[C@@H]2CC[C@@H](OC(=O)C(C)(CO)COC(C)C)[C@H](OC)C2)CC(=O)[C@H](C)/C=C(\C)[C@@H](O)[C@H]1C. The Morgan fingerprint density at radius 2 is 1.61 bits per heavy atom. The third-order valence-electron chi connectivity index (χ3n) is 16.7. The predicted molar refractivity (Wildman–Crippen MR) is 288 cm³/mol. The number of aliphatic hydroxyl groups excluding tert-OH is 2. The number of nitrogens with zero attached hydrogens (tertiary/aromatic N) is 1. The molecular formula is C60H95NO14. The van der Waals surface area contributed by atoms with E-state index < -0.39 is 95.9 Å². The molecule has 0 spiro atoms. The van der Waals surface area contributed by atoms with E-state index in [0.29, 0.717) is 63.4 Å². The van der Waals surface area contributed by atoms with Crippen LogP contribution in [0.1, 0.15) is 153 Å². The summed E-state index contributed by atoms with van der Waals surface area (Å²) < 4.78 is 36.0. The molecule has 0 radical (unpaired) electrons. The van der Waals surface area contributed by atoms with E-state index in [9.17, 15) is 39.3 Å². The minimum Gasteiger partial charge on any atom is -0.460 e. The van der Waals surface area contributed by atoms with E-state index in [4.69, 9.17) is 28.4 Å². The van der Waals surface area contributed by atoms with Crippen LogP contribution < -0.4 is 0 Å². The first-order chi connectivity index (χ1) is 35.3. The Kier molecular flexibility index (Phi) is 24.8. The number of fused-ring (bicyclic) bond motifs is 3. The molecule has 424 valence electrons. The van der Waals surface area contributed by atoms with Crippen LogP contribution in [-0.4, -0.2) is 138 Å². The van der Waals surface area contributed by atoms with Crippen LogP contribution in [0, 0.1) is 46.8 Å². The van der Waals surface area contributed by atoms with Gasteiger partial charge < -0.3 is 48.6 Å². The van der Waals surface area contributed by atoms with Gasteiger partial charge >= 0.3 is 11.9 Å². The number of piperidine rings is 1. The zero-order valence-electron chi connectivity index (χ0n) is 47.7. The van der Waals surface area contributed by atoms with E-state index in [2.05, 4.69) is 26.5 Å². The molecule has 3 N–H and O–H groups in total. The highest BCUT2D eigenvalue weighted by atomic mass is 16.6. The number of methoxy groups -OCH3 is 2. The molecule has 2 saturated heterocycles. The number of hydrogen-bond donors (Lipinski definition) is 3. The van der Waals surface area contributed by atoms with E-state index in [0.717, 1.165) is 17.6 Å². The fourth-order valence-electron chi connectivity index (χ4n) is 11.2. The molecule has 16 atom stereocenters. The average molecular weight is 1050 g/mol. The molecule has 3 aliphatic heterocycles. The van der Waals surface area contributed by atoms with Gasteiger partial charge in [-0.05, 0) is 134 Å². The largest absolute Gasteiger partial charge is 0.460 e. The molecular weight excluding hydrogens is 959 g/mol. The number of rotatable bonds is 11. The summed E-state index contributed by atoms with van der Waals surface area (Å²) in [4.78, 5) is 72.4. The summed E-state index contributed by atoms with van der Waals surface area (Å²) in [5.41, 5.74) is 1.19. The molecule has 4 aliphatic rings. The Labute approximate surface area is 448 Å². The number of hydrogen-bond acceptors (Lipinski definition) is 14. The first-order valence-electron chi connectivity index (χ1n) is 27.8. The predicted octanol–water partition coefficient (Wildman–Crippen LogP) is 8.76. The highest BCUT2D eigenvalue weighted by molar-refractivity contribution is 6.39. The number of cyclic esters (lactones) is 1. The Hall–Kier alpha value is -3.83. The number of ketones is 2. The van der Waals surface area contributed by atoms with Crippen molar-refractivity contribution in [2.75, 3.05) is 34.0 Å². The van der Waals surface area contributed by atoms with Gasteiger partial charge in [-0.15, -0.1) is 0 Å². The Bertz CT molecular complexity index is 2060. The summed E-state index contributed by atoms with van der Waals surface area (Å²) in [5, 5.41) is 33.9. The molecule has 3 fully saturated rings. The van der Waals surface area contributed by atoms with Crippen LogP contribution in [-0.2, 0) is 52.4 Å². The first kappa shape index (κ1) is 63.7. The summed E-state index contributed by atoms with van der Waals surface area (Å²) in [7, 11) is 3.16. The van der Waals surface area contributed by atoms with Crippen molar-refractivity contribution < 1.29 is 67.7 Å². The molecule has 0 aromatic carbocycles. The summed E-state index contributed by atoms with van der Waals surface area (Å²) in [6, 6.07) is -1.16. The van der Waals surface area contributed by atoms with Gasteiger partial charge in [0.05, 0.1) is 43.7 Å². The standard InChI is InChI=1S/C60H95NO14/c1-36(2)72-35-59(12,34-62)58(68)74-50-26-24-46(31-53(50)71-14)30-41(7)52-33-49(63)40(6)29-42(8)54(64)45(11)44(10)39(5)28-37(3)20-16-15-17-21-38(4)51(70-13)32-47-25-23-43(9)60(69,75-47)55(65)56(66)61-27-19-18-22-48(61)57(67)73-52/h15-17,20-21,29,36-37,39-41,43,45-48,50-54,62,64,69H,10,18-19,22-28,30-35H2,1-9,11-14H3/b17-15+,20-16+,38-21+,42-29+/t37-,39-,40-,41-,43-,45+,46+,47+,48+,50-,51+,52+,53-,54-,59?,60-/m1/s1. The van der Waals surface area contributed by atoms with Crippen LogP contribution in [0.25, 0.3) is 0 Å². The quantitative estimate of drug-likeness (QED) is 0.101. The molecule has 0 aromatic rings. The van der Waals surface area contributed by atoms with Crippen molar-refractivity contribution in [2.45, 2.75) is 208 Å². The van der Waals surface area contributed by atoms with Crippen LogP contribution in [0.5, 0.6) is 0 Å². The van der Waals surface area contributed by atoms with Crippen LogP contribution in [0.3, 0.4) is 0 Å². The lowest BCUT2D eigenvalue weighted by Gasteiger charge is -2.42. The summed E-state index contributed by atoms with van der Waals surface area (Å²) in [6.07, 6.45) is 13.1. The van der Waals surface area contributed by atoms with Crippen LogP contribution in [0.2, 0.25) is 0 Å². The Balaban J connectivity index is 1.67. The zero-order chi connectivity index (χ0) is 55.9. The van der Waals surface area contributed by atoms with Gasteiger partial charge in [-0.3, -0.25) is 19.2 Å². The number of aliphatic hydroxyl groups is 3. The maximum absolute atomic E-state index is 14.6. The third-order valence-corrected chi connectivity index (χ3v) is 16.7. The molecule has 15 heteroatoms. The molecule has 1 amide bonds. The Morgan fingerprint density at radius 1 is 0.907 bits per heavy atom. The normalized spacial score (nSPS) is 37.5. The van der Waals surface area contributed by atoms with Crippen molar-refractivity contribution >= 4 is 29.4 Å². The topological polar surface area (TPSA) is 205 Å². The van der Waals surface area contributed by atoms with Gasteiger partial charge in [0.15, 0.2) is 0 Å². The first-order valence-corrected chi connectivity index (χ1v) is 27.8. The second kappa shape index (κ2) is 29.2. The second-order valence-corrected chi connectivity index (χ2v) is 23.4. The van der Waals surface area contributed by atoms with E-state index in [1.165, 1.54) is 4.90 Å². The van der Waals surface area contributed by atoms with Gasteiger partial charge in [-0.2, -0.15) is 0 Å². The van der Waals surface area contributed by atoms with Gasteiger partial charge in [-0.1, -0.05) is 90.2 Å². The van der Waals surface area contributed by atoms with E-state index in [1.807, 2.05) is 65.8 Å². The van der Waals surface area contributed by atoms with Crippen molar-refractivity contribution in [3.63, 3.8) is 0 Å². The number of ether oxygens (including phenoxy) is 6. The van der Waals surface area contributed by atoms with Gasteiger partial charge in [0.1, 0.15) is 29.4 Å². The lowest BCUT2D eigenvalue weighted by Crippen LogP contribution is -2.61. The van der Waals surface area contributed by atoms with Crippen LogP contribution in [0.4, 0.5) is 0 Å². The Morgan fingerprint density at radius 3 is 2.27 bits per heavy atom. The maximum atomic E-state index is 14.6. The van der Waals surface area contributed by atoms with E-state index >= 15 is 0 Å². The number of allylic oxidation sites excluding steroid dienone is 6. The van der Waals surface area contributed by atoms with Gasteiger partial charge in [0.25, 0.3) is 11.7 Å². The summed E-state index contributed by atoms with van der Waals surface area (Å²) in [6.45, 7) is 24.7. The van der Waals surface area contributed by atoms with Gasteiger partial charge in [-0.25, -0.2) is 4.79 Å². The second-order valence-electron chi connectivity index (χ2n) is 23.4. The number of esters is 2. The highest BCUT2D eigenvalue weighted by Crippen LogP contribution is 2.39. The van der Waals surface area contributed by atoms with Gasteiger partial charge in [0, 0.05) is 51.4 Å². The van der Waals surface area contributed by atoms with Crippen molar-refractivity contribution in [1.29, 1.82) is 0 Å². The lowest BCUT2D eigenvalue weighted by atomic mass is 9.78. The lowest BCUT2D eigenvalue weighted by molar-refractivity contribution is -0.265. The fourth-order valence-corrected chi connectivity index (χ4v) is 11.2. The molecule has 3 heterocycles. The van der Waals surface area contributed by atoms with E-state index in [1.54, 1.807) is 41.1 Å². The number of Topliss-reactive ketones (excluding diaryl/α,β-unsaturated/α-hetero) is 2. The van der Waals surface area contributed by atoms with Crippen molar-refractivity contribution in [3.8, 4) is 0 Å². The molecule has 0 aromatic heterocycles. The zero-order valence-corrected chi connectivity index (χ0v) is 47.7. The molecule has 1 aliphatic carbocycles. The molecule has 15 nitrogen and oxygen atoms in total. The average Bonchev–Trinajstić information content (AvgIpc) is 3.38. The minimum atomic E-state index is -2.44. The van der Waals surface area contributed by atoms with E-state index in [-0.39, 0.29) is 67.5 Å².